The highest BCUT2D eigenvalue weighted by molar-refractivity contribution is 7.80. The third-order valence-corrected chi connectivity index (χ3v) is 5.24. The first-order valence-electron chi connectivity index (χ1n) is 9.87. The molecule has 6 heteroatoms. The van der Waals surface area contributed by atoms with Crippen LogP contribution in [0.4, 0.5) is 5.69 Å². The molecule has 1 aromatic heterocycles. The molecule has 2 aromatic carbocycles. The number of rotatable bonds is 7. The average molecular weight is 409 g/mol. The summed E-state index contributed by atoms with van der Waals surface area (Å²) in [6, 6.07) is 18.0. The third-order valence-electron chi connectivity index (χ3n) is 4.88. The molecule has 0 atom stereocenters. The Morgan fingerprint density at radius 1 is 1.07 bits per heavy atom. The highest BCUT2D eigenvalue weighted by Gasteiger charge is 2.14. The molecule has 0 saturated carbocycles. The van der Waals surface area contributed by atoms with Gasteiger partial charge in [-0.2, -0.15) is 0 Å². The van der Waals surface area contributed by atoms with Gasteiger partial charge in [-0.1, -0.05) is 31.2 Å². The normalized spacial score (nSPS) is 11.0. The van der Waals surface area contributed by atoms with Gasteiger partial charge in [-0.25, -0.2) is 0 Å². The van der Waals surface area contributed by atoms with Crippen molar-refractivity contribution in [3.8, 4) is 0 Å². The number of anilines is 1. The lowest BCUT2D eigenvalue weighted by atomic mass is 10.1. The van der Waals surface area contributed by atoms with Crippen molar-refractivity contribution in [1.29, 1.82) is 0 Å². The van der Waals surface area contributed by atoms with Crippen LogP contribution in [0.25, 0.3) is 10.9 Å². The minimum atomic E-state index is -0.0703. The number of likely N-dealkylation sites (N-methyl/N-ethyl adjacent to an activating group) is 1. The van der Waals surface area contributed by atoms with Gasteiger partial charge >= 0.3 is 0 Å². The number of para-hydroxylation sites is 1. The molecule has 29 heavy (non-hydrogen) atoms. The number of nitrogens with zero attached hydrogens (tertiary/aromatic N) is 2. The summed E-state index contributed by atoms with van der Waals surface area (Å²) < 4.78 is 0. The fourth-order valence-corrected chi connectivity index (χ4v) is 3.42. The van der Waals surface area contributed by atoms with Crippen molar-refractivity contribution in [2.24, 2.45) is 0 Å². The molecule has 0 spiro atoms. The first-order valence-corrected chi connectivity index (χ1v) is 10.3. The fourth-order valence-electron chi connectivity index (χ4n) is 3.14. The van der Waals surface area contributed by atoms with Crippen LogP contribution in [0.1, 0.15) is 18.1 Å². The SMILES string of the molecule is CCc1ccc2[nH]c(=O)c(CN(CCN(C)C)C(=S)Nc3ccccc3)cc2c1. The second kappa shape index (κ2) is 9.67. The molecule has 0 aliphatic rings. The Hall–Kier alpha value is -2.70. The van der Waals surface area contributed by atoms with Crippen molar-refractivity contribution in [2.75, 3.05) is 32.5 Å². The number of pyridine rings is 1. The number of aryl methyl sites for hydroxylation is 1. The minimum absolute atomic E-state index is 0.0703. The van der Waals surface area contributed by atoms with Crippen molar-refractivity contribution < 1.29 is 0 Å². The maximum Gasteiger partial charge on any atom is 0.253 e. The number of thiocarbonyl (C=S) groups is 1. The number of hydrogen-bond donors (Lipinski definition) is 2. The van der Waals surface area contributed by atoms with E-state index in [1.54, 1.807) is 0 Å². The molecule has 0 saturated heterocycles. The zero-order valence-corrected chi connectivity index (χ0v) is 18.1. The van der Waals surface area contributed by atoms with Gasteiger partial charge in [-0.05, 0) is 74.0 Å². The highest BCUT2D eigenvalue weighted by atomic mass is 32.1. The van der Waals surface area contributed by atoms with E-state index < -0.39 is 0 Å². The van der Waals surface area contributed by atoms with Crippen LogP contribution in [0.3, 0.4) is 0 Å². The Kier molecular flexibility index (Phi) is 7.01. The Morgan fingerprint density at radius 2 is 1.83 bits per heavy atom. The topological polar surface area (TPSA) is 51.4 Å². The van der Waals surface area contributed by atoms with Gasteiger partial charge < -0.3 is 20.1 Å². The van der Waals surface area contributed by atoms with E-state index in [2.05, 4.69) is 34.3 Å². The maximum atomic E-state index is 12.7. The molecular formula is C23H28N4OS. The highest BCUT2D eigenvalue weighted by Crippen LogP contribution is 2.16. The number of nitrogens with one attached hydrogen (secondary N) is 2. The fraction of sp³-hybridized carbons (Fsp3) is 0.304. The van der Waals surface area contributed by atoms with Crippen molar-refractivity contribution in [2.45, 2.75) is 19.9 Å². The number of aromatic amines is 1. The average Bonchev–Trinajstić information content (AvgIpc) is 2.71. The lowest BCUT2D eigenvalue weighted by Gasteiger charge is -2.27. The lowest BCUT2D eigenvalue weighted by molar-refractivity contribution is 0.327. The summed E-state index contributed by atoms with van der Waals surface area (Å²) in [5, 5.41) is 4.95. The molecule has 5 nitrogen and oxygen atoms in total. The first-order chi connectivity index (χ1) is 14.0. The Morgan fingerprint density at radius 3 is 2.52 bits per heavy atom. The Labute approximate surface area is 177 Å². The number of aromatic nitrogens is 1. The van der Waals surface area contributed by atoms with Crippen molar-refractivity contribution in [1.82, 2.24) is 14.8 Å². The van der Waals surface area contributed by atoms with Crippen molar-refractivity contribution >= 4 is 33.9 Å². The second-order valence-corrected chi connectivity index (χ2v) is 7.81. The van der Waals surface area contributed by atoms with E-state index in [9.17, 15) is 4.79 Å². The van der Waals surface area contributed by atoms with E-state index in [0.29, 0.717) is 17.2 Å². The smallest absolute Gasteiger partial charge is 0.253 e. The van der Waals surface area contributed by atoms with Gasteiger partial charge in [0.15, 0.2) is 5.11 Å². The van der Waals surface area contributed by atoms with Crippen LogP contribution in [0.2, 0.25) is 0 Å². The summed E-state index contributed by atoms with van der Waals surface area (Å²) in [5.74, 6) is 0. The quantitative estimate of drug-likeness (QED) is 0.582. The zero-order chi connectivity index (χ0) is 20.8. The van der Waals surface area contributed by atoms with E-state index in [4.69, 9.17) is 12.2 Å². The van der Waals surface area contributed by atoms with Crippen LogP contribution in [-0.2, 0) is 13.0 Å². The number of hydrogen-bond acceptors (Lipinski definition) is 3. The minimum Gasteiger partial charge on any atom is -0.343 e. The largest absolute Gasteiger partial charge is 0.343 e. The van der Waals surface area contributed by atoms with Gasteiger partial charge in [0.25, 0.3) is 5.56 Å². The summed E-state index contributed by atoms with van der Waals surface area (Å²) in [5.41, 5.74) is 3.69. The van der Waals surface area contributed by atoms with Crippen LogP contribution in [0, 0.1) is 0 Å². The van der Waals surface area contributed by atoms with E-state index in [1.807, 2.05) is 61.5 Å². The standard InChI is InChI=1S/C23H28N4OS/c1-4-17-10-11-21-18(14-17)15-19(22(28)25-21)16-27(13-12-26(2)3)23(29)24-20-8-6-5-7-9-20/h5-11,14-15H,4,12-13,16H2,1-3H3,(H,24,29)(H,25,28). The monoisotopic (exact) mass is 408 g/mol. The van der Waals surface area contributed by atoms with Gasteiger partial charge in [0.1, 0.15) is 0 Å². The maximum absolute atomic E-state index is 12.7. The van der Waals surface area contributed by atoms with E-state index in [1.165, 1.54) is 5.56 Å². The van der Waals surface area contributed by atoms with E-state index in [-0.39, 0.29) is 5.56 Å². The van der Waals surface area contributed by atoms with Crippen LogP contribution >= 0.6 is 12.2 Å². The molecule has 152 valence electrons. The zero-order valence-electron chi connectivity index (χ0n) is 17.2. The molecule has 3 rings (SSSR count). The van der Waals surface area contributed by atoms with Gasteiger partial charge in [-0.3, -0.25) is 4.79 Å². The molecule has 1 heterocycles. The molecule has 0 bridgehead atoms. The molecule has 0 radical (unpaired) electrons. The molecule has 0 aliphatic heterocycles. The van der Waals surface area contributed by atoms with Gasteiger partial charge in [0.05, 0.1) is 6.54 Å². The van der Waals surface area contributed by atoms with Crippen LogP contribution < -0.4 is 10.9 Å². The third kappa shape index (κ3) is 5.65. The number of H-pyrrole nitrogens is 1. The molecule has 2 N–H and O–H groups in total. The summed E-state index contributed by atoms with van der Waals surface area (Å²) in [6.45, 7) is 4.14. The predicted octanol–water partition coefficient (Wildman–Crippen LogP) is 3.85. The summed E-state index contributed by atoms with van der Waals surface area (Å²) in [7, 11) is 4.06. The molecule has 0 fully saturated rings. The Balaban J connectivity index is 1.86. The number of benzene rings is 2. The van der Waals surface area contributed by atoms with E-state index >= 15 is 0 Å². The second-order valence-electron chi connectivity index (χ2n) is 7.42. The van der Waals surface area contributed by atoms with Crippen LogP contribution in [-0.4, -0.2) is 47.1 Å². The molecule has 0 aliphatic carbocycles. The molecule has 3 aromatic rings. The summed E-state index contributed by atoms with van der Waals surface area (Å²) in [6.07, 6.45) is 0.963. The summed E-state index contributed by atoms with van der Waals surface area (Å²) in [4.78, 5) is 19.8. The molecule has 0 amide bonds. The van der Waals surface area contributed by atoms with Crippen LogP contribution in [0.15, 0.2) is 59.4 Å². The number of fused-ring (bicyclic) bond motifs is 1. The van der Waals surface area contributed by atoms with E-state index in [0.717, 1.165) is 36.1 Å². The summed E-state index contributed by atoms with van der Waals surface area (Å²) >= 11 is 5.67. The van der Waals surface area contributed by atoms with Gasteiger partial charge in [0, 0.05) is 29.9 Å². The van der Waals surface area contributed by atoms with Crippen molar-refractivity contribution in [3.63, 3.8) is 0 Å². The van der Waals surface area contributed by atoms with Gasteiger partial charge in [-0.15, -0.1) is 0 Å². The van der Waals surface area contributed by atoms with Gasteiger partial charge in [0.2, 0.25) is 0 Å². The Bertz CT molecular complexity index is 1030. The van der Waals surface area contributed by atoms with Crippen LogP contribution in [0.5, 0.6) is 0 Å². The predicted molar refractivity (Wildman–Crippen MR) is 126 cm³/mol. The molecule has 0 unspecified atom stereocenters. The first kappa shape index (κ1) is 21.0. The van der Waals surface area contributed by atoms with Crippen molar-refractivity contribution in [3.05, 3.63) is 76.1 Å². The lowest BCUT2D eigenvalue weighted by Crippen LogP contribution is -2.40. The molecular weight excluding hydrogens is 380 g/mol.